The SMILES string of the molecule is C#CONCCC[NH+](C)CCO. The highest BCUT2D eigenvalue weighted by Gasteiger charge is 1.98. The van der Waals surface area contributed by atoms with E-state index >= 15 is 0 Å². The normalized spacial score (nSPS) is 12.1. The Morgan fingerprint density at radius 3 is 2.92 bits per heavy atom. The quantitative estimate of drug-likeness (QED) is 0.237. The highest BCUT2D eigenvalue weighted by atomic mass is 16.6. The Hall–Kier alpha value is -0.760. The molecule has 0 aromatic carbocycles. The number of likely N-dealkylation sites (N-methyl/N-ethyl adjacent to an activating group) is 1. The standard InChI is InChI=1S/C8H16N2O2/c1-3-12-9-5-4-6-10(2)7-8-11/h1,9,11H,4-8H2,2H3/p+1. The lowest BCUT2D eigenvalue weighted by Crippen LogP contribution is -3.09. The smallest absolute Gasteiger partial charge is 0.134 e. The molecule has 1 atom stereocenters. The van der Waals surface area contributed by atoms with Gasteiger partial charge in [-0.3, -0.25) is 0 Å². The monoisotopic (exact) mass is 173 g/mol. The van der Waals surface area contributed by atoms with Crippen LogP contribution in [0.4, 0.5) is 0 Å². The van der Waals surface area contributed by atoms with Gasteiger partial charge in [0.1, 0.15) is 12.7 Å². The lowest BCUT2D eigenvalue weighted by Gasteiger charge is -2.11. The van der Waals surface area contributed by atoms with Crippen LogP contribution in [-0.4, -0.2) is 38.4 Å². The maximum Gasteiger partial charge on any atom is 0.134 e. The van der Waals surface area contributed by atoms with Gasteiger partial charge >= 0.3 is 0 Å². The first-order valence-electron chi connectivity index (χ1n) is 4.07. The zero-order valence-electron chi connectivity index (χ0n) is 7.47. The van der Waals surface area contributed by atoms with Gasteiger partial charge in [0.2, 0.25) is 0 Å². The number of quaternary nitrogens is 1. The van der Waals surface area contributed by atoms with Gasteiger partial charge in [-0.25, -0.2) is 0 Å². The molecule has 0 heterocycles. The predicted octanol–water partition coefficient (Wildman–Crippen LogP) is -2.00. The topological polar surface area (TPSA) is 45.9 Å². The molecular weight excluding hydrogens is 156 g/mol. The molecule has 0 aromatic heterocycles. The highest BCUT2D eigenvalue weighted by molar-refractivity contribution is 4.66. The van der Waals surface area contributed by atoms with E-state index in [1.165, 1.54) is 4.90 Å². The molecular formula is C8H17N2O2+. The molecule has 0 saturated carbocycles. The molecule has 1 unspecified atom stereocenters. The lowest BCUT2D eigenvalue weighted by molar-refractivity contribution is -0.880. The van der Waals surface area contributed by atoms with E-state index in [1.807, 2.05) is 13.2 Å². The summed E-state index contributed by atoms with van der Waals surface area (Å²) in [7, 11) is 2.04. The number of hydroxylamine groups is 1. The number of rotatable bonds is 7. The van der Waals surface area contributed by atoms with E-state index in [1.54, 1.807) is 0 Å². The Labute approximate surface area is 73.5 Å². The third-order valence-electron chi connectivity index (χ3n) is 1.55. The predicted molar refractivity (Wildman–Crippen MR) is 46.2 cm³/mol. The molecule has 0 saturated heterocycles. The average Bonchev–Trinajstić information content (AvgIpc) is 2.05. The van der Waals surface area contributed by atoms with E-state index in [0.29, 0.717) is 0 Å². The molecule has 0 amide bonds. The van der Waals surface area contributed by atoms with Crippen LogP contribution in [0, 0.1) is 12.5 Å². The molecule has 12 heavy (non-hydrogen) atoms. The van der Waals surface area contributed by atoms with Gasteiger partial charge in [-0.05, 0) is 0 Å². The minimum Gasteiger partial charge on any atom is -0.391 e. The number of terminal acetylenes is 1. The van der Waals surface area contributed by atoms with Gasteiger partial charge in [0.05, 0.1) is 20.2 Å². The second-order valence-corrected chi connectivity index (χ2v) is 2.65. The van der Waals surface area contributed by atoms with Crippen molar-refractivity contribution in [3.8, 4) is 12.5 Å². The fourth-order valence-electron chi connectivity index (χ4n) is 0.871. The molecule has 0 bridgehead atoms. The number of aliphatic hydroxyl groups excluding tert-OH is 1. The first-order valence-corrected chi connectivity index (χ1v) is 4.07. The molecule has 0 aliphatic heterocycles. The van der Waals surface area contributed by atoms with Crippen LogP contribution in [0.5, 0.6) is 0 Å². The molecule has 0 aromatic rings. The molecule has 0 aliphatic carbocycles. The second-order valence-electron chi connectivity index (χ2n) is 2.65. The van der Waals surface area contributed by atoms with Crippen LogP contribution in [0.3, 0.4) is 0 Å². The van der Waals surface area contributed by atoms with Crippen LogP contribution in [0.15, 0.2) is 0 Å². The highest BCUT2D eigenvalue weighted by Crippen LogP contribution is 1.68. The van der Waals surface area contributed by atoms with Crippen LogP contribution < -0.4 is 10.4 Å². The molecule has 70 valence electrons. The largest absolute Gasteiger partial charge is 0.391 e. The second kappa shape index (κ2) is 8.34. The van der Waals surface area contributed by atoms with Crippen molar-refractivity contribution < 1.29 is 14.8 Å². The van der Waals surface area contributed by atoms with Crippen molar-refractivity contribution in [2.24, 2.45) is 0 Å². The summed E-state index contributed by atoms with van der Waals surface area (Å²) in [6, 6.07) is 0. The minimum absolute atomic E-state index is 0.236. The molecule has 4 nitrogen and oxygen atoms in total. The number of nitrogens with one attached hydrogen (secondary N) is 2. The Morgan fingerprint density at radius 1 is 1.58 bits per heavy atom. The first-order chi connectivity index (χ1) is 5.81. The summed E-state index contributed by atoms with van der Waals surface area (Å²) in [5, 5.41) is 8.59. The maximum absolute atomic E-state index is 8.59. The molecule has 3 N–H and O–H groups in total. The average molecular weight is 173 g/mol. The summed E-state index contributed by atoms with van der Waals surface area (Å²) in [5.74, 6) is 0. The third kappa shape index (κ3) is 7.35. The Morgan fingerprint density at radius 2 is 2.33 bits per heavy atom. The van der Waals surface area contributed by atoms with Crippen molar-refractivity contribution in [3.63, 3.8) is 0 Å². The number of hydrogen-bond donors (Lipinski definition) is 3. The summed E-state index contributed by atoms with van der Waals surface area (Å²) in [5.41, 5.74) is 2.62. The van der Waals surface area contributed by atoms with Gasteiger partial charge in [-0.15, -0.1) is 5.48 Å². The van der Waals surface area contributed by atoms with E-state index in [4.69, 9.17) is 11.5 Å². The summed E-state index contributed by atoms with van der Waals surface area (Å²) in [6.07, 6.45) is 7.85. The summed E-state index contributed by atoms with van der Waals surface area (Å²) >= 11 is 0. The minimum atomic E-state index is 0.236. The molecule has 0 radical (unpaired) electrons. The van der Waals surface area contributed by atoms with E-state index in [2.05, 4.69) is 10.3 Å². The van der Waals surface area contributed by atoms with E-state index in [9.17, 15) is 0 Å². The molecule has 0 rings (SSSR count). The fraction of sp³-hybridized carbons (Fsp3) is 0.750. The van der Waals surface area contributed by atoms with E-state index in [-0.39, 0.29) is 6.61 Å². The van der Waals surface area contributed by atoms with Gasteiger partial charge in [-0.1, -0.05) is 6.42 Å². The number of hydrogen-bond acceptors (Lipinski definition) is 3. The van der Waals surface area contributed by atoms with Gasteiger partial charge in [0.15, 0.2) is 0 Å². The van der Waals surface area contributed by atoms with Crippen molar-refractivity contribution in [1.29, 1.82) is 0 Å². The lowest BCUT2D eigenvalue weighted by atomic mass is 10.4. The summed E-state index contributed by atoms with van der Waals surface area (Å²) < 4.78 is 0. The van der Waals surface area contributed by atoms with Crippen LogP contribution in [0.2, 0.25) is 0 Å². The van der Waals surface area contributed by atoms with Crippen molar-refractivity contribution in [1.82, 2.24) is 5.48 Å². The van der Waals surface area contributed by atoms with Gasteiger partial charge in [-0.2, -0.15) is 0 Å². The molecule has 0 aliphatic rings. The zero-order valence-corrected chi connectivity index (χ0v) is 7.47. The first kappa shape index (κ1) is 11.2. The van der Waals surface area contributed by atoms with Gasteiger partial charge in [0, 0.05) is 13.0 Å². The van der Waals surface area contributed by atoms with Crippen LogP contribution >= 0.6 is 0 Å². The Bertz CT molecular complexity index is 134. The summed E-state index contributed by atoms with van der Waals surface area (Å²) in [6.45, 7) is 2.77. The third-order valence-corrected chi connectivity index (χ3v) is 1.55. The van der Waals surface area contributed by atoms with Crippen molar-refractivity contribution in [2.45, 2.75) is 6.42 Å². The fourth-order valence-corrected chi connectivity index (χ4v) is 0.871. The zero-order chi connectivity index (χ0) is 9.23. The van der Waals surface area contributed by atoms with Crippen molar-refractivity contribution in [3.05, 3.63) is 0 Å². The van der Waals surface area contributed by atoms with Crippen LogP contribution in [-0.2, 0) is 4.84 Å². The Balaban J connectivity index is 3.04. The van der Waals surface area contributed by atoms with Crippen molar-refractivity contribution >= 4 is 0 Å². The molecule has 4 heteroatoms. The van der Waals surface area contributed by atoms with Gasteiger partial charge < -0.3 is 14.8 Å². The van der Waals surface area contributed by atoms with Crippen LogP contribution in [0.25, 0.3) is 0 Å². The van der Waals surface area contributed by atoms with Crippen LogP contribution in [0.1, 0.15) is 6.42 Å². The molecule has 0 fully saturated rings. The van der Waals surface area contributed by atoms with E-state index in [0.717, 1.165) is 26.1 Å². The van der Waals surface area contributed by atoms with Crippen molar-refractivity contribution in [2.75, 3.05) is 33.3 Å². The maximum atomic E-state index is 8.59. The molecule has 0 spiro atoms. The number of aliphatic hydroxyl groups is 1. The summed E-state index contributed by atoms with van der Waals surface area (Å²) in [4.78, 5) is 5.80. The van der Waals surface area contributed by atoms with Gasteiger partial charge in [0.25, 0.3) is 0 Å². The Kier molecular flexibility index (Phi) is 7.81. The van der Waals surface area contributed by atoms with E-state index < -0.39 is 0 Å².